The van der Waals surface area contributed by atoms with Crippen LogP contribution in [0.3, 0.4) is 0 Å². The number of nitrogens with zero attached hydrogens (tertiary/aromatic N) is 3. The van der Waals surface area contributed by atoms with Crippen LogP contribution in [0.25, 0.3) is 0 Å². The molecule has 0 spiro atoms. The van der Waals surface area contributed by atoms with E-state index in [-0.39, 0.29) is 11.8 Å². The van der Waals surface area contributed by atoms with Gasteiger partial charge in [0.15, 0.2) is 0 Å². The largest absolute Gasteiger partial charge is 0.281 e. The van der Waals surface area contributed by atoms with E-state index in [1.807, 2.05) is 0 Å². The molecule has 0 bridgehead atoms. The molecule has 0 radical (unpaired) electrons. The molecule has 80 valence electrons. The number of nitrogens with one attached hydrogen (secondary N) is 1. The average Bonchev–Trinajstić information content (AvgIpc) is 2.70. The van der Waals surface area contributed by atoms with Crippen LogP contribution in [0.2, 0.25) is 0 Å². The molecule has 1 N–H and O–H groups in total. The number of aromatic amines is 1. The summed E-state index contributed by atoms with van der Waals surface area (Å²) in [7, 11) is 0. The minimum absolute atomic E-state index is 0.115. The van der Waals surface area contributed by atoms with Gasteiger partial charge in [0.05, 0.1) is 11.5 Å². The second kappa shape index (κ2) is 4.43. The van der Waals surface area contributed by atoms with Crippen molar-refractivity contribution in [1.29, 1.82) is 0 Å². The Morgan fingerprint density at radius 2 is 2.13 bits per heavy atom. The van der Waals surface area contributed by atoms with E-state index in [1.165, 1.54) is 23.0 Å². The maximum atomic E-state index is 11.4. The van der Waals surface area contributed by atoms with Crippen molar-refractivity contribution in [2.24, 2.45) is 0 Å². The quantitative estimate of drug-likeness (QED) is 0.699. The third kappa shape index (κ3) is 2.35. The molecule has 0 saturated carbocycles. The summed E-state index contributed by atoms with van der Waals surface area (Å²) in [5.41, 5.74) is 0. The van der Waals surface area contributed by atoms with Gasteiger partial charge < -0.3 is 0 Å². The van der Waals surface area contributed by atoms with Crippen LogP contribution in [0.4, 0.5) is 0 Å². The summed E-state index contributed by atoms with van der Waals surface area (Å²) in [5.74, 6) is 1.24. The Morgan fingerprint density at radius 3 is 2.73 bits per heavy atom. The fourth-order valence-corrected chi connectivity index (χ4v) is 2.10. The maximum absolute atomic E-state index is 11.4. The summed E-state index contributed by atoms with van der Waals surface area (Å²) in [5, 5.41) is 6.39. The number of thioether (sulfide) groups is 1. The molecule has 2 heterocycles. The van der Waals surface area contributed by atoms with Gasteiger partial charge in [0, 0.05) is 13.0 Å². The van der Waals surface area contributed by atoms with Gasteiger partial charge in [-0.2, -0.15) is 5.10 Å². The standard InChI is InChI=1S/C8H10N4O2S/c13-7-3-15-4-8(14)12(7)2-1-6-9-5-10-11-6/h5H,1-4H2,(H,9,10,11). The summed E-state index contributed by atoms with van der Waals surface area (Å²) in [6, 6.07) is 0. The minimum atomic E-state index is -0.115. The first-order valence-electron chi connectivity index (χ1n) is 4.52. The van der Waals surface area contributed by atoms with Crippen LogP contribution in [0, 0.1) is 0 Å². The number of H-pyrrole nitrogens is 1. The fraction of sp³-hybridized carbons (Fsp3) is 0.500. The molecule has 0 aliphatic carbocycles. The van der Waals surface area contributed by atoms with E-state index in [4.69, 9.17) is 0 Å². The second-order valence-corrected chi connectivity index (χ2v) is 4.10. The number of amides is 2. The van der Waals surface area contributed by atoms with Crippen molar-refractivity contribution in [3.63, 3.8) is 0 Å². The SMILES string of the molecule is O=C1CSCC(=O)N1CCc1ncn[nH]1. The molecule has 2 rings (SSSR count). The van der Waals surface area contributed by atoms with Crippen molar-refractivity contribution in [3.05, 3.63) is 12.2 Å². The summed E-state index contributed by atoms with van der Waals surface area (Å²) < 4.78 is 0. The highest BCUT2D eigenvalue weighted by atomic mass is 32.2. The van der Waals surface area contributed by atoms with Crippen molar-refractivity contribution in [2.75, 3.05) is 18.1 Å². The smallest absolute Gasteiger partial charge is 0.239 e. The molecule has 15 heavy (non-hydrogen) atoms. The molecule has 2 amide bonds. The Balaban J connectivity index is 1.92. The van der Waals surface area contributed by atoms with Gasteiger partial charge in [-0.25, -0.2) is 4.98 Å². The van der Waals surface area contributed by atoms with E-state index in [0.717, 1.165) is 0 Å². The zero-order chi connectivity index (χ0) is 10.7. The first kappa shape index (κ1) is 10.2. The van der Waals surface area contributed by atoms with E-state index < -0.39 is 0 Å². The maximum Gasteiger partial charge on any atom is 0.239 e. The van der Waals surface area contributed by atoms with E-state index in [9.17, 15) is 9.59 Å². The summed E-state index contributed by atoms with van der Waals surface area (Å²) in [6.07, 6.45) is 1.94. The van der Waals surface area contributed by atoms with Gasteiger partial charge in [-0.05, 0) is 0 Å². The van der Waals surface area contributed by atoms with E-state index >= 15 is 0 Å². The van der Waals surface area contributed by atoms with Gasteiger partial charge in [-0.1, -0.05) is 0 Å². The lowest BCUT2D eigenvalue weighted by atomic mass is 10.3. The van der Waals surface area contributed by atoms with E-state index in [2.05, 4.69) is 15.2 Å². The van der Waals surface area contributed by atoms with Crippen LogP contribution in [0.5, 0.6) is 0 Å². The Labute approximate surface area is 90.4 Å². The molecule has 1 aromatic rings. The molecule has 7 heteroatoms. The van der Waals surface area contributed by atoms with Gasteiger partial charge in [0.1, 0.15) is 12.2 Å². The summed E-state index contributed by atoms with van der Waals surface area (Å²) in [4.78, 5) is 28.0. The monoisotopic (exact) mass is 226 g/mol. The van der Waals surface area contributed by atoms with Crippen LogP contribution in [-0.2, 0) is 16.0 Å². The molecule has 1 fully saturated rings. The number of carbonyl (C=O) groups excluding carboxylic acids is 2. The van der Waals surface area contributed by atoms with Gasteiger partial charge in [-0.15, -0.1) is 11.8 Å². The average molecular weight is 226 g/mol. The van der Waals surface area contributed by atoms with Crippen molar-refractivity contribution in [2.45, 2.75) is 6.42 Å². The molecule has 0 aromatic carbocycles. The van der Waals surface area contributed by atoms with Crippen LogP contribution < -0.4 is 0 Å². The minimum Gasteiger partial charge on any atom is -0.281 e. The third-order valence-corrected chi connectivity index (χ3v) is 2.99. The molecule has 1 aliphatic heterocycles. The molecule has 6 nitrogen and oxygen atoms in total. The molecule has 1 saturated heterocycles. The predicted octanol–water partition coefficient (Wildman–Crippen LogP) is -0.551. The van der Waals surface area contributed by atoms with Gasteiger partial charge in [-0.3, -0.25) is 19.6 Å². The van der Waals surface area contributed by atoms with Crippen LogP contribution in [0.1, 0.15) is 5.82 Å². The topological polar surface area (TPSA) is 79.0 Å². The van der Waals surface area contributed by atoms with E-state index in [1.54, 1.807) is 0 Å². The molecule has 1 aromatic heterocycles. The number of hydrogen-bond donors (Lipinski definition) is 1. The first-order chi connectivity index (χ1) is 7.27. The van der Waals surface area contributed by atoms with Gasteiger partial charge in [0.2, 0.25) is 11.8 Å². The molecular formula is C8H10N4O2S. The Morgan fingerprint density at radius 1 is 1.40 bits per heavy atom. The predicted molar refractivity (Wildman–Crippen MR) is 54.1 cm³/mol. The highest BCUT2D eigenvalue weighted by Crippen LogP contribution is 2.12. The highest BCUT2D eigenvalue weighted by Gasteiger charge is 2.25. The molecule has 0 atom stereocenters. The number of carbonyl (C=O) groups is 2. The number of imide groups is 1. The lowest BCUT2D eigenvalue weighted by molar-refractivity contribution is -0.142. The van der Waals surface area contributed by atoms with Crippen molar-refractivity contribution in [1.82, 2.24) is 20.1 Å². The van der Waals surface area contributed by atoms with Crippen molar-refractivity contribution < 1.29 is 9.59 Å². The van der Waals surface area contributed by atoms with Gasteiger partial charge in [0.25, 0.3) is 0 Å². The molecular weight excluding hydrogens is 216 g/mol. The van der Waals surface area contributed by atoms with Crippen LogP contribution in [0.15, 0.2) is 6.33 Å². The van der Waals surface area contributed by atoms with Crippen molar-refractivity contribution in [3.8, 4) is 0 Å². The lowest BCUT2D eigenvalue weighted by Crippen LogP contribution is -2.44. The summed E-state index contributed by atoms with van der Waals surface area (Å²) in [6.45, 7) is 0.382. The van der Waals surface area contributed by atoms with E-state index in [0.29, 0.717) is 30.3 Å². The summed E-state index contributed by atoms with van der Waals surface area (Å²) >= 11 is 1.36. The zero-order valence-corrected chi connectivity index (χ0v) is 8.79. The third-order valence-electron chi connectivity index (χ3n) is 2.09. The molecule has 1 aliphatic rings. The Bertz CT molecular complexity index is 349. The first-order valence-corrected chi connectivity index (χ1v) is 5.68. The lowest BCUT2D eigenvalue weighted by Gasteiger charge is -2.23. The highest BCUT2D eigenvalue weighted by molar-refractivity contribution is 8.00. The Hall–Kier alpha value is -1.37. The van der Waals surface area contributed by atoms with Crippen molar-refractivity contribution >= 4 is 23.6 Å². The van der Waals surface area contributed by atoms with Crippen LogP contribution >= 0.6 is 11.8 Å². The van der Waals surface area contributed by atoms with Crippen LogP contribution in [-0.4, -0.2) is 49.9 Å². The number of aromatic nitrogens is 3. The zero-order valence-electron chi connectivity index (χ0n) is 7.97. The Kier molecular flexibility index (Phi) is 3.00. The normalized spacial score (nSPS) is 17.2. The second-order valence-electron chi connectivity index (χ2n) is 3.11. The number of rotatable bonds is 3. The fourth-order valence-electron chi connectivity index (χ4n) is 1.34. The van der Waals surface area contributed by atoms with Gasteiger partial charge >= 0.3 is 0 Å². The number of hydrogen-bond acceptors (Lipinski definition) is 5. The molecule has 0 unspecified atom stereocenters.